The summed E-state index contributed by atoms with van der Waals surface area (Å²) in [4.78, 5) is 18.6. The van der Waals surface area contributed by atoms with E-state index in [0.29, 0.717) is 18.8 Å². The molecule has 1 aromatic carbocycles. The minimum Gasteiger partial charge on any atom is -0.379 e. The van der Waals surface area contributed by atoms with Gasteiger partial charge in [0.05, 0.1) is 25.4 Å². The van der Waals surface area contributed by atoms with Crippen molar-refractivity contribution >= 4 is 11.6 Å². The predicted molar refractivity (Wildman–Crippen MR) is 95.3 cm³/mol. The summed E-state index contributed by atoms with van der Waals surface area (Å²) in [6, 6.07) is 6.86. The quantitative estimate of drug-likeness (QED) is 0.805. The Morgan fingerprint density at radius 3 is 2.48 bits per heavy atom. The van der Waals surface area contributed by atoms with Gasteiger partial charge in [0.25, 0.3) is 0 Å². The van der Waals surface area contributed by atoms with Crippen LogP contribution >= 0.6 is 0 Å². The smallest absolute Gasteiger partial charge is 0.234 e. The van der Waals surface area contributed by atoms with Crippen molar-refractivity contribution in [1.82, 2.24) is 15.1 Å². The van der Waals surface area contributed by atoms with Crippen LogP contribution in [-0.2, 0) is 9.53 Å². The Bertz CT molecular complexity index is 558. The summed E-state index contributed by atoms with van der Waals surface area (Å²) < 4.78 is 19.2. The molecule has 1 amide bonds. The number of benzene rings is 1. The molecule has 2 saturated heterocycles. The van der Waals surface area contributed by atoms with Crippen molar-refractivity contribution in [3.8, 4) is 0 Å². The first-order valence-electron chi connectivity index (χ1n) is 9.01. The first-order chi connectivity index (χ1) is 12.2. The van der Waals surface area contributed by atoms with Crippen LogP contribution in [0.3, 0.4) is 0 Å². The van der Waals surface area contributed by atoms with Crippen LogP contribution in [0.5, 0.6) is 0 Å². The maximum Gasteiger partial charge on any atom is 0.234 e. The topological polar surface area (TPSA) is 48.1 Å². The lowest BCUT2D eigenvalue weighted by Gasteiger charge is -2.35. The van der Waals surface area contributed by atoms with Crippen LogP contribution in [0.25, 0.3) is 0 Å². The molecular formula is C18H27FN4O2. The molecule has 7 heteroatoms. The number of nitrogens with zero attached hydrogens (tertiary/aromatic N) is 3. The van der Waals surface area contributed by atoms with E-state index in [1.54, 1.807) is 6.07 Å². The van der Waals surface area contributed by atoms with E-state index in [0.717, 1.165) is 59.0 Å². The lowest BCUT2D eigenvalue weighted by Crippen LogP contribution is -2.50. The Labute approximate surface area is 148 Å². The molecule has 25 heavy (non-hydrogen) atoms. The first kappa shape index (κ1) is 18.1. The molecule has 2 heterocycles. The van der Waals surface area contributed by atoms with Crippen LogP contribution in [0.2, 0.25) is 0 Å². The number of halogens is 1. The molecule has 3 rings (SSSR count). The fourth-order valence-corrected chi connectivity index (χ4v) is 3.29. The van der Waals surface area contributed by atoms with Gasteiger partial charge in [0.15, 0.2) is 0 Å². The molecule has 0 saturated carbocycles. The van der Waals surface area contributed by atoms with E-state index in [1.807, 2.05) is 17.0 Å². The molecule has 0 atom stereocenters. The molecule has 0 spiro atoms. The first-order valence-corrected chi connectivity index (χ1v) is 9.01. The highest BCUT2D eigenvalue weighted by atomic mass is 19.1. The molecule has 2 aliphatic heterocycles. The third-order valence-electron chi connectivity index (χ3n) is 4.79. The predicted octanol–water partition coefficient (Wildman–Crippen LogP) is 0.396. The third-order valence-corrected chi connectivity index (χ3v) is 4.79. The Morgan fingerprint density at radius 2 is 1.76 bits per heavy atom. The van der Waals surface area contributed by atoms with Gasteiger partial charge in [-0.05, 0) is 12.1 Å². The summed E-state index contributed by atoms with van der Waals surface area (Å²) >= 11 is 0. The summed E-state index contributed by atoms with van der Waals surface area (Å²) in [5.41, 5.74) is 0.650. The van der Waals surface area contributed by atoms with Gasteiger partial charge in [-0.15, -0.1) is 0 Å². The van der Waals surface area contributed by atoms with Crippen molar-refractivity contribution < 1.29 is 13.9 Å². The fourth-order valence-electron chi connectivity index (χ4n) is 3.29. The lowest BCUT2D eigenvalue weighted by atomic mass is 10.2. The summed E-state index contributed by atoms with van der Waals surface area (Å²) in [7, 11) is 0. The number of carbonyl (C=O) groups excluding carboxylic acids is 1. The average Bonchev–Trinajstić information content (AvgIpc) is 2.64. The number of amides is 1. The maximum absolute atomic E-state index is 13.8. The zero-order valence-corrected chi connectivity index (χ0v) is 14.6. The number of morpholine rings is 1. The molecule has 0 bridgehead atoms. The van der Waals surface area contributed by atoms with Crippen molar-refractivity contribution in [2.75, 3.05) is 77.0 Å². The van der Waals surface area contributed by atoms with Gasteiger partial charge in [-0.2, -0.15) is 0 Å². The number of hydrogen-bond donors (Lipinski definition) is 1. The maximum atomic E-state index is 13.8. The van der Waals surface area contributed by atoms with Gasteiger partial charge in [0.2, 0.25) is 5.91 Å². The second-order valence-electron chi connectivity index (χ2n) is 6.52. The monoisotopic (exact) mass is 350 g/mol. The molecule has 2 aliphatic rings. The molecular weight excluding hydrogens is 323 g/mol. The number of hydrogen-bond acceptors (Lipinski definition) is 5. The molecule has 138 valence electrons. The van der Waals surface area contributed by atoms with Crippen LogP contribution in [-0.4, -0.2) is 87.8 Å². The Balaban J connectivity index is 1.34. The summed E-state index contributed by atoms with van der Waals surface area (Å²) in [5.74, 6) is -0.121. The normalized spacial score (nSPS) is 19.8. The van der Waals surface area contributed by atoms with Crippen molar-refractivity contribution in [3.05, 3.63) is 30.1 Å². The zero-order chi connectivity index (χ0) is 17.5. The van der Waals surface area contributed by atoms with Gasteiger partial charge < -0.3 is 15.0 Å². The SMILES string of the molecule is O=C(CN1CCN(c2ccccc2F)CC1)NCCN1CCOCC1. The van der Waals surface area contributed by atoms with E-state index in [-0.39, 0.29) is 11.7 Å². The number of carbonyl (C=O) groups is 1. The standard InChI is InChI=1S/C18H27FN4O2/c19-16-3-1-2-4-17(16)23-9-7-22(8-10-23)15-18(24)20-5-6-21-11-13-25-14-12-21/h1-4H,5-15H2,(H,20,24). The number of para-hydroxylation sites is 1. The van der Waals surface area contributed by atoms with Crippen molar-refractivity contribution in [3.63, 3.8) is 0 Å². The summed E-state index contributed by atoms with van der Waals surface area (Å²) in [6.45, 7) is 8.40. The second-order valence-corrected chi connectivity index (χ2v) is 6.52. The van der Waals surface area contributed by atoms with Gasteiger partial charge in [-0.25, -0.2) is 4.39 Å². The number of rotatable bonds is 6. The molecule has 0 aromatic heterocycles. The zero-order valence-electron chi connectivity index (χ0n) is 14.6. The minimum absolute atomic E-state index is 0.0626. The number of nitrogens with one attached hydrogen (secondary N) is 1. The van der Waals surface area contributed by atoms with Crippen molar-refractivity contribution in [1.29, 1.82) is 0 Å². The molecule has 2 fully saturated rings. The van der Waals surface area contributed by atoms with Crippen LogP contribution in [0.15, 0.2) is 24.3 Å². The molecule has 0 aliphatic carbocycles. The van der Waals surface area contributed by atoms with Gasteiger partial charge in [0, 0.05) is 52.4 Å². The third kappa shape index (κ3) is 5.39. The summed E-state index contributed by atoms with van der Waals surface area (Å²) in [6.07, 6.45) is 0. The average molecular weight is 350 g/mol. The molecule has 1 N–H and O–H groups in total. The van der Waals surface area contributed by atoms with Gasteiger partial charge >= 0.3 is 0 Å². The Morgan fingerprint density at radius 1 is 1.04 bits per heavy atom. The largest absolute Gasteiger partial charge is 0.379 e. The van der Waals surface area contributed by atoms with Crippen LogP contribution in [0, 0.1) is 5.82 Å². The van der Waals surface area contributed by atoms with E-state index in [1.165, 1.54) is 6.07 Å². The van der Waals surface area contributed by atoms with Crippen LogP contribution in [0.1, 0.15) is 0 Å². The molecule has 0 radical (unpaired) electrons. The highest BCUT2D eigenvalue weighted by molar-refractivity contribution is 5.78. The lowest BCUT2D eigenvalue weighted by molar-refractivity contribution is -0.122. The van der Waals surface area contributed by atoms with Gasteiger partial charge in [0.1, 0.15) is 5.82 Å². The molecule has 0 unspecified atom stereocenters. The molecule has 1 aromatic rings. The van der Waals surface area contributed by atoms with Gasteiger partial charge in [-0.1, -0.05) is 12.1 Å². The van der Waals surface area contributed by atoms with E-state index in [4.69, 9.17) is 4.74 Å². The van der Waals surface area contributed by atoms with E-state index in [2.05, 4.69) is 15.1 Å². The van der Waals surface area contributed by atoms with Crippen LogP contribution in [0.4, 0.5) is 10.1 Å². The molecule has 6 nitrogen and oxygen atoms in total. The number of anilines is 1. The minimum atomic E-state index is -0.184. The Kier molecular flexibility index (Phi) is 6.61. The summed E-state index contributed by atoms with van der Waals surface area (Å²) in [5, 5.41) is 2.99. The van der Waals surface area contributed by atoms with E-state index in [9.17, 15) is 9.18 Å². The second kappa shape index (κ2) is 9.12. The van der Waals surface area contributed by atoms with Crippen molar-refractivity contribution in [2.24, 2.45) is 0 Å². The highest BCUT2D eigenvalue weighted by Gasteiger charge is 2.20. The highest BCUT2D eigenvalue weighted by Crippen LogP contribution is 2.19. The van der Waals surface area contributed by atoms with Gasteiger partial charge in [-0.3, -0.25) is 14.6 Å². The number of piperazine rings is 1. The number of ether oxygens (including phenoxy) is 1. The Hall–Kier alpha value is -1.70. The fraction of sp³-hybridized carbons (Fsp3) is 0.611. The van der Waals surface area contributed by atoms with E-state index < -0.39 is 0 Å². The van der Waals surface area contributed by atoms with E-state index >= 15 is 0 Å². The van der Waals surface area contributed by atoms with Crippen molar-refractivity contribution in [2.45, 2.75) is 0 Å². The van der Waals surface area contributed by atoms with Crippen LogP contribution < -0.4 is 10.2 Å².